The van der Waals surface area contributed by atoms with Gasteiger partial charge in [-0.3, -0.25) is 9.59 Å². The first-order chi connectivity index (χ1) is 12.4. The Morgan fingerprint density at radius 3 is 2.27 bits per heavy atom. The molecule has 0 spiro atoms. The lowest BCUT2D eigenvalue weighted by Gasteiger charge is -2.48. The van der Waals surface area contributed by atoms with Crippen LogP contribution in [0.5, 0.6) is 0 Å². The molecule has 0 saturated heterocycles. The number of hydrogen-bond donors (Lipinski definition) is 1. The second kappa shape index (κ2) is 5.48. The van der Waals surface area contributed by atoms with Crippen LogP contribution in [-0.4, -0.2) is 22.6 Å². The zero-order valence-corrected chi connectivity index (χ0v) is 16.1. The molecule has 0 aromatic carbocycles. The number of fused-ring (bicyclic) bond motifs is 9. The lowest BCUT2D eigenvalue weighted by Crippen LogP contribution is -2.53. The van der Waals surface area contributed by atoms with Crippen LogP contribution in [0.4, 0.5) is 0 Å². The third-order valence-electron chi connectivity index (χ3n) is 9.34. The Kier molecular flexibility index (Phi) is 3.60. The molecule has 5 rings (SSSR count). The van der Waals surface area contributed by atoms with Crippen LogP contribution in [0.2, 0.25) is 0 Å². The molecule has 5 fully saturated rings. The summed E-state index contributed by atoms with van der Waals surface area (Å²) in [5.74, 6) is 3.36. The predicted octanol–water partition coefficient (Wildman–Crippen LogP) is 4.27. The average molecular weight is 360 g/mol. The SMILES string of the molecule is CC(C)C1(OC(=O)C2(C(=O)O)CCCC2)CC2CC1C1C3CCC(C3)C21. The first-order valence-corrected chi connectivity index (χ1v) is 10.9. The van der Waals surface area contributed by atoms with Crippen LogP contribution in [0, 0.1) is 46.8 Å². The summed E-state index contributed by atoms with van der Waals surface area (Å²) in [5, 5.41) is 9.80. The summed E-state index contributed by atoms with van der Waals surface area (Å²) >= 11 is 0. The molecule has 4 heteroatoms. The van der Waals surface area contributed by atoms with Crippen molar-refractivity contribution in [3.63, 3.8) is 0 Å². The Balaban J connectivity index is 1.45. The largest absolute Gasteiger partial charge is 0.480 e. The van der Waals surface area contributed by atoms with Gasteiger partial charge in [-0.2, -0.15) is 0 Å². The maximum absolute atomic E-state index is 13.2. The van der Waals surface area contributed by atoms with Gasteiger partial charge in [-0.15, -0.1) is 0 Å². The molecule has 1 N–H and O–H groups in total. The van der Waals surface area contributed by atoms with Gasteiger partial charge in [0.15, 0.2) is 5.41 Å². The van der Waals surface area contributed by atoms with Gasteiger partial charge in [-0.1, -0.05) is 26.7 Å². The number of ether oxygens (including phenoxy) is 1. The zero-order valence-electron chi connectivity index (χ0n) is 16.1. The summed E-state index contributed by atoms with van der Waals surface area (Å²) in [5.41, 5.74) is -1.70. The second-order valence-electron chi connectivity index (χ2n) is 10.4. The zero-order chi connectivity index (χ0) is 18.3. The van der Waals surface area contributed by atoms with Gasteiger partial charge >= 0.3 is 11.9 Å². The highest BCUT2D eigenvalue weighted by Crippen LogP contribution is 2.71. The van der Waals surface area contributed by atoms with Crippen LogP contribution >= 0.6 is 0 Å². The van der Waals surface area contributed by atoms with Crippen molar-refractivity contribution in [1.82, 2.24) is 0 Å². The van der Waals surface area contributed by atoms with Crippen molar-refractivity contribution in [3.8, 4) is 0 Å². The lowest BCUT2D eigenvalue weighted by molar-refractivity contribution is -0.196. The highest BCUT2D eigenvalue weighted by atomic mass is 16.6. The highest BCUT2D eigenvalue weighted by molar-refractivity contribution is 5.99. The lowest BCUT2D eigenvalue weighted by atomic mass is 9.63. The summed E-state index contributed by atoms with van der Waals surface area (Å²) in [6, 6.07) is 0. The molecular formula is C22H32O4. The van der Waals surface area contributed by atoms with Crippen molar-refractivity contribution < 1.29 is 19.4 Å². The number of carbonyl (C=O) groups excluding carboxylic acids is 1. The molecule has 0 amide bonds. The molecule has 26 heavy (non-hydrogen) atoms. The minimum Gasteiger partial charge on any atom is -0.480 e. The minimum absolute atomic E-state index is 0.258. The fourth-order valence-electron chi connectivity index (χ4n) is 8.28. The Morgan fingerprint density at radius 1 is 1.00 bits per heavy atom. The molecule has 7 atom stereocenters. The Morgan fingerprint density at radius 2 is 1.65 bits per heavy atom. The van der Waals surface area contributed by atoms with E-state index in [9.17, 15) is 14.7 Å². The quantitative estimate of drug-likeness (QED) is 0.462. The molecule has 0 aromatic rings. The van der Waals surface area contributed by atoms with Crippen LogP contribution in [0.3, 0.4) is 0 Å². The molecular weight excluding hydrogens is 328 g/mol. The van der Waals surface area contributed by atoms with E-state index in [-0.39, 0.29) is 5.92 Å². The van der Waals surface area contributed by atoms with E-state index in [1.807, 2.05) is 0 Å². The van der Waals surface area contributed by atoms with Crippen LogP contribution in [0.25, 0.3) is 0 Å². The molecule has 5 aliphatic rings. The Bertz CT molecular complexity index is 634. The molecule has 0 aromatic heterocycles. The van der Waals surface area contributed by atoms with Gasteiger partial charge in [0.05, 0.1) is 0 Å². The smallest absolute Gasteiger partial charge is 0.324 e. The first-order valence-electron chi connectivity index (χ1n) is 10.9. The van der Waals surface area contributed by atoms with E-state index in [4.69, 9.17) is 4.74 Å². The van der Waals surface area contributed by atoms with E-state index < -0.39 is 23.0 Å². The van der Waals surface area contributed by atoms with Gasteiger partial charge < -0.3 is 9.84 Å². The van der Waals surface area contributed by atoms with E-state index in [1.165, 1.54) is 25.7 Å². The number of esters is 1. The van der Waals surface area contributed by atoms with Crippen molar-refractivity contribution in [2.75, 3.05) is 0 Å². The molecule has 5 aliphatic carbocycles. The summed E-state index contributed by atoms with van der Waals surface area (Å²) in [4.78, 5) is 25.2. The summed E-state index contributed by atoms with van der Waals surface area (Å²) < 4.78 is 6.34. The van der Waals surface area contributed by atoms with Crippen molar-refractivity contribution >= 4 is 11.9 Å². The first kappa shape index (κ1) is 17.1. The number of carboxylic acid groups (broad SMARTS) is 1. The van der Waals surface area contributed by atoms with Gasteiger partial charge in [0.2, 0.25) is 0 Å². The van der Waals surface area contributed by atoms with E-state index in [0.29, 0.717) is 24.7 Å². The molecule has 144 valence electrons. The van der Waals surface area contributed by atoms with E-state index in [1.54, 1.807) is 0 Å². The molecule has 4 bridgehead atoms. The minimum atomic E-state index is -1.28. The van der Waals surface area contributed by atoms with Gasteiger partial charge in [-0.05, 0) is 80.5 Å². The van der Waals surface area contributed by atoms with Gasteiger partial charge in [-0.25, -0.2) is 0 Å². The summed E-state index contributed by atoms with van der Waals surface area (Å²) in [6.07, 6.45) is 8.86. The fourth-order valence-corrected chi connectivity index (χ4v) is 8.28. The number of hydrogen-bond acceptors (Lipinski definition) is 3. The Hall–Kier alpha value is -1.06. The van der Waals surface area contributed by atoms with Crippen molar-refractivity contribution in [1.29, 1.82) is 0 Å². The highest BCUT2D eigenvalue weighted by Gasteiger charge is 2.69. The van der Waals surface area contributed by atoms with Crippen LogP contribution in [0.15, 0.2) is 0 Å². The Labute approximate surface area is 156 Å². The van der Waals surface area contributed by atoms with Crippen LogP contribution in [0.1, 0.15) is 71.6 Å². The number of carbonyl (C=O) groups is 2. The van der Waals surface area contributed by atoms with E-state index in [0.717, 1.165) is 42.9 Å². The molecule has 4 nitrogen and oxygen atoms in total. The van der Waals surface area contributed by atoms with Gasteiger partial charge in [0.1, 0.15) is 5.60 Å². The third-order valence-corrected chi connectivity index (χ3v) is 9.34. The molecule has 7 unspecified atom stereocenters. The monoisotopic (exact) mass is 360 g/mol. The maximum atomic E-state index is 13.2. The van der Waals surface area contributed by atoms with Crippen LogP contribution < -0.4 is 0 Å². The standard InChI is InChI=1S/C22H32O4/c1-12(2)22(26-20(25)21(19(23)24)7-3-4-8-21)11-15-10-16(22)18-14-6-5-13(9-14)17(15)18/h12-18H,3-11H2,1-2H3,(H,23,24). The summed E-state index contributed by atoms with van der Waals surface area (Å²) in [7, 11) is 0. The van der Waals surface area contributed by atoms with E-state index >= 15 is 0 Å². The summed E-state index contributed by atoms with van der Waals surface area (Å²) in [6.45, 7) is 4.36. The average Bonchev–Trinajstić information content (AvgIpc) is 3.36. The fraction of sp³-hybridized carbons (Fsp3) is 0.909. The van der Waals surface area contributed by atoms with Crippen LogP contribution in [-0.2, 0) is 14.3 Å². The second-order valence-corrected chi connectivity index (χ2v) is 10.4. The molecule has 0 radical (unpaired) electrons. The molecule has 0 heterocycles. The van der Waals surface area contributed by atoms with Crippen molar-refractivity contribution in [3.05, 3.63) is 0 Å². The van der Waals surface area contributed by atoms with Crippen molar-refractivity contribution in [2.24, 2.45) is 46.8 Å². The van der Waals surface area contributed by atoms with Crippen molar-refractivity contribution in [2.45, 2.75) is 77.2 Å². The molecule has 0 aliphatic heterocycles. The number of rotatable bonds is 4. The third kappa shape index (κ3) is 1.97. The predicted molar refractivity (Wildman–Crippen MR) is 96.2 cm³/mol. The normalized spacial score (nSPS) is 47.5. The van der Waals surface area contributed by atoms with E-state index in [2.05, 4.69) is 13.8 Å². The number of aliphatic carboxylic acids is 1. The van der Waals surface area contributed by atoms with Gasteiger partial charge in [0.25, 0.3) is 0 Å². The number of carboxylic acids is 1. The van der Waals surface area contributed by atoms with Gasteiger partial charge in [0, 0.05) is 5.92 Å². The maximum Gasteiger partial charge on any atom is 0.324 e. The topological polar surface area (TPSA) is 63.6 Å². The molecule has 5 saturated carbocycles.